The Bertz CT molecular complexity index is 1360. The number of fused-ring (bicyclic) bond motifs is 1. The molecule has 3 aromatic rings. The number of ether oxygens (including phenoxy) is 1. The molecule has 1 unspecified atom stereocenters. The number of hydrogen-bond acceptors (Lipinski definition) is 5. The van der Waals surface area contributed by atoms with Gasteiger partial charge in [0.25, 0.3) is 11.8 Å². The Labute approximate surface area is 214 Å². The van der Waals surface area contributed by atoms with Gasteiger partial charge >= 0.3 is 0 Å². The molecule has 0 bridgehead atoms. The highest BCUT2D eigenvalue weighted by Gasteiger charge is 2.28. The smallest absolute Gasteiger partial charge is 0.256 e. The molecule has 0 spiro atoms. The summed E-state index contributed by atoms with van der Waals surface area (Å²) in [5, 5.41) is 16.1. The first kappa shape index (κ1) is 24.9. The molecule has 1 saturated heterocycles. The number of rotatable bonds is 7. The van der Waals surface area contributed by atoms with Gasteiger partial charge in [-0.15, -0.1) is 0 Å². The second-order valence-electron chi connectivity index (χ2n) is 9.31. The van der Waals surface area contributed by atoms with Crippen LogP contribution in [0.1, 0.15) is 27.3 Å². The number of amides is 2. The van der Waals surface area contributed by atoms with Crippen molar-refractivity contribution in [1.82, 2.24) is 15.2 Å². The number of aliphatic hydroxyl groups excluding tert-OH is 1. The number of carbonyl (C=O) groups excluding carboxylic acids is 2. The molecule has 0 radical (unpaired) electrons. The number of H-pyrrole nitrogens is 1. The highest BCUT2D eigenvalue weighted by atomic mass is 19.1. The predicted molar refractivity (Wildman–Crippen MR) is 139 cm³/mol. The molecule has 2 aromatic carbocycles. The highest BCUT2D eigenvalue weighted by Crippen LogP contribution is 2.40. The second-order valence-corrected chi connectivity index (χ2v) is 9.31. The number of β-amino-alcohol motifs (C(OH)–C–C–N with tert-alkyl or cyclic N) is 1. The Hall–Kier alpha value is -3.79. The number of aromatic nitrogens is 1. The summed E-state index contributed by atoms with van der Waals surface area (Å²) in [5.41, 5.74) is 4.60. The van der Waals surface area contributed by atoms with Crippen molar-refractivity contribution in [3.63, 3.8) is 0 Å². The van der Waals surface area contributed by atoms with Gasteiger partial charge in [0.05, 0.1) is 36.1 Å². The van der Waals surface area contributed by atoms with Gasteiger partial charge in [0, 0.05) is 43.1 Å². The Morgan fingerprint density at radius 1 is 1.22 bits per heavy atom. The van der Waals surface area contributed by atoms with Crippen LogP contribution in [0.3, 0.4) is 0 Å². The second kappa shape index (κ2) is 10.7. The predicted octanol–water partition coefficient (Wildman–Crippen LogP) is 3.04. The van der Waals surface area contributed by atoms with Gasteiger partial charge in [-0.3, -0.25) is 14.5 Å². The van der Waals surface area contributed by atoms with E-state index < -0.39 is 6.10 Å². The van der Waals surface area contributed by atoms with E-state index in [1.165, 1.54) is 12.1 Å². The molecule has 2 aliphatic heterocycles. The lowest BCUT2D eigenvalue weighted by molar-refractivity contribution is -0.110. The number of benzene rings is 2. The Morgan fingerprint density at radius 2 is 2.00 bits per heavy atom. The number of hydrogen-bond donors (Lipinski definition) is 4. The van der Waals surface area contributed by atoms with Crippen LogP contribution in [0.25, 0.3) is 22.8 Å². The first-order valence-corrected chi connectivity index (χ1v) is 12.3. The third-order valence-corrected chi connectivity index (χ3v) is 6.55. The number of aromatic amines is 1. The molecular weight excluding hydrogens is 475 g/mol. The fourth-order valence-electron chi connectivity index (χ4n) is 4.79. The zero-order valence-corrected chi connectivity index (χ0v) is 20.5. The quantitative estimate of drug-likeness (QED) is 0.370. The van der Waals surface area contributed by atoms with Gasteiger partial charge in [0.1, 0.15) is 5.82 Å². The van der Waals surface area contributed by atoms with Crippen molar-refractivity contribution in [2.24, 2.45) is 0 Å². The largest absolute Gasteiger partial charge is 0.390 e. The summed E-state index contributed by atoms with van der Waals surface area (Å²) < 4.78 is 19.3. The summed E-state index contributed by atoms with van der Waals surface area (Å²) in [4.78, 5) is 31.3. The summed E-state index contributed by atoms with van der Waals surface area (Å²) in [6.07, 6.45) is 0.931. The summed E-state index contributed by atoms with van der Waals surface area (Å²) in [6, 6.07) is 13.4. The van der Waals surface area contributed by atoms with Gasteiger partial charge in [-0.05, 0) is 48.4 Å². The summed E-state index contributed by atoms with van der Waals surface area (Å²) in [6.45, 7) is 5.15. The monoisotopic (exact) mass is 504 g/mol. The SMILES string of the molecule is Cc1cc(C(=O)NCC(O)CN2CCOCC2)c(/C=C2\C(=O)Nc3cccc(-c4cccc(F)c4)c32)[nH]1. The van der Waals surface area contributed by atoms with Gasteiger partial charge in [0.2, 0.25) is 0 Å². The first-order chi connectivity index (χ1) is 17.9. The van der Waals surface area contributed by atoms with Gasteiger partial charge in [-0.25, -0.2) is 4.39 Å². The maximum Gasteiger partial charge on any atom is 0.256 e. The maximum atomic E-state index is 14.0. The summed E-state index contributed by atoms with van der Waals surface area (Å²) in [7, 11) is 0. The van der Waals surface area contributed by atoms with E-state index >= 15 is 0 Å². The number of carbonyl (C=O) groups is 2. The van der Waals surface area contributed by atoms with Crippen molar-refractivity contribution in [1.29, 1.82) is 0 Å². The zero-order valence-electron chi connectivity index (χ0n) is 20.5. The molecule has 3 heterocycles. The van der Waals surface area contributed by atoms with E-state index in [0.717, 1.165) is 18.8 Å². The van der Waals surface area contributed by atoms with Gasteiger partial charge in [0.15, 0.2) is 0 Å². The number of aryl methyl sites for hydroxylation is 1. The van der Waals surface area contributed by atoms with E-state index in [2.05, 4.69) is 20.5 Å². The molecule has 2 amide bonds. The van der Waals surface area contributed by atoms with Crippen LogP contribution in [-0.2, 0) is 9.53 Å². The van der Waals surface area contributed by atoms with Gasteiger partial charge in [-0.1, -0.05) is 24.3 Å². The third-order valence-electron chi connectivity index (χ3n) is 6.55. The number of anilines is 1. The van der Waals surface area contributed by atoms with Crippen molar-refractivity contribution in [3.05, 3.63) is 76.9 Å². The fourth-order valence-corrected chi connectivity index (χ4v) is 4.79. The molecule has 1 aromatic heterocycles. The Kier molecular flexibility index (Phi) is 7.18. The molecule has 0 saturated carbocycles. The van der Waals surface area contributed by atoms with Crippen LogP contribution < -0.4 is 10.6 Å². The standard InChI is InChI=1S/C28H29FN4O4/c1-17-12-22(27(35)30-15-20(34)16-33-8-10-37-11-9-33)25(31-17)14-23-26-21(18-4-2-5-19(29)13-18)6-3-7-24(26)32-28(23)36/h2-7,12-14,20,31,34H,8-11,15-16H2,1H3,(H,30,35)(H,32,36)/b23-14-. The Morgan fingerprint density at radius 3 is 2.78 bits per heavy atom. The molecular formula is C28H29FN4O4. The van der Waals surface area contributed by atoms with E-state index in [0.29, 0.717) is 59.0 Å². The average molecular weight is 505 g/mol. The van der Waals surface area contributed by atoms with Crippen molar-refractivity contribution >= 4 is 29.2 Å². The number of nitrogens with one attached hydrogen (secondary N) is 3. The van der Waals surface area contributed by atoms with Gasteiger partial charge < -0.3 is 25.5 Å². The molecule has 37 heavy (non-hydrogen) atoms. The molecule has 1 atom stereocenters. The molecule has 5 rings (SSSR count). The van der Waals surface area contributed by atoms with Crippen molar-refractivity contribution in [2.45, 2.75) is 13.0 Å². The molecule has 2 aliphatic rings. The lowest BCUT2D eigenvalue weighted by Crippen LogP contribution is -2.44. The van der Waals surface area contributed by atoms with E-state index in [1.807, 2.05) is 19.1 Å². The minimum absolute atomic E-state index is 0.101. The van der Waals surface area contributed by atoms with Crippen molar-refractivity contribution < 1.29 is 23.8 Å². The number of morpholine rings is 1. The molecule has 0 aliphatic carbocycles. The number of nitrogens with zero attached hydrogens (tertiary/aromatic N) is 1. The minimum Gasteiger partial charge on any atom is -0.390 e. The molecule has 4 N–H and O–H groups in total. The van der Waals surface area contributed by atoms with Crippen LogP contribution in [0, 0.1) is 12.7 Å². The minimum atomic E-state index is -0.717. The summed E-state index contributed by atoms with van der Waals surface area (Å²) in [5.74, 6) is -1.03. The molecule has 192 valence electrons. The Balaban J connectivity index is 1.39. The lowest BCUT2D eigenvalue weighted by Gasteiger charge is -2.28. The molecule has 8 nitrogen and oxygen atoms in total. The number of aliphatic hydroxyl groups is 1. The maximum absolute atomic E-state index is 14.0. The van der Waals surface area contributed by atoms with Crippen LogP contribution in [0.2, 0.25) is 0 Å². The first-order valence-electron chi connectivity index (χ1n) is 12.3. The van der Waals surface area contributed by atoms with Crippen LogP contribution in [0.15, 0.2) is 48.5 Å². The zero-order chi connectivity index (χ0) is 25.9. The molecule has 1 fully saturated rings. The van der Waals surface area contributed by atoms with Crippen molar-refractivity contribution in [3.8, 4) is 11.1 Å². The van der Waals surface area contributed by atoms with Crippen LogP contribution >= 0.6 is 0 Å². The lowest BCUT2D eigenvalue weighted by atomic mass is 9.94. The summed E-state index contributed by atoms with van der Waals surface area (Å²) >= 11 is 0. The van der Waals surface area contributed by atoms with Crippen LogP contribution in [-0.4, -0.2) is 72.3 Å². The fraction of sp³-hybridized carbons (Fsp3) is 0.286. The molecule has 9 heteroatoms. The highest BCUT2D eigenvalue weighted by molar-refractivity contribution is 6.36. The average Bonchev–Trinajstić information content (AvgIpc) is 3.42. The topological polar surface area (TPSA) is 107 Å². The van der Waals surface area contributed by atoms with Gasteiger partial charge in [-0.2, -0.15) is 0 Å². The van der Waals surface area contributed by atoms with E-state index in [4.69, 9.17) is 4.74 Å². The van der Waals surface area contributed by atoms with E-state index in [9.17, 15) is 19.1 Å². The van der Waals surface area contributed by atoms with Crippen LogP contribution in [0.4, 0.5) is 10.1 Å². The van der Waals surface area contributed by atoms with E-state index in [1.54, 1.807) is 30.3 Å². The van der Waals surface area contributed by atoms with Crippen LogP contribution in [0.5, 0.6) is 0 Å². The van der Waals surface area contributed by atoms with E-state index in [-0.39, 0.29) is 24.2 Å². The number of halogens is 1. The van der Waals surface area contributed by atoms with Crippen molar-refractivity contribution in [2.75, 3.05) is 44.7 Å². The third kappa shape index (κ3) is 5.48. The normalized spacial score (nSPS) is 17.5.